The minimum atomic E-state index is 0.722. The largest absolute Gasteiger partial charge is 0.377 e. The van der Waals surface area contributed by atoms with Crippen LogP contribution in [0.1, 0.15) is 24.8 Å². The van der Waals surface area contributed by atoms with Crippen molar-refractivity contribution in [2.45, 2.75) is 25.9 Å². The number of hydrogen-bond donors (Lipinski definition) is 1. The lowest BCUT2D eigenvalue weighted by atomic mass is 9.97. The fourth-order valence-corrected chi connectivity index (χ4v) is 2.68. The monoisotopic (exact) mass is 297 g/mol. The molecule has 1 aromatic carbocycles. The number of benzene rings is 1. The van der Waals surface area contributed by atoms with Crippen LogP contribution in [0.25, 0.3) is 0 Å². The Bertz CT molecular complexity index is 337. The van der Waals surface area contributed by atoms with Gasteiger partial charge in [-0.3, -0.25) is 0 Å². The van der Waals surface area contributed by atoms with Crippen LogP contribution in [-0.2, 0) is 11.3 Å². The molecule has 1 saturated heterocycles. The summed E-state index contributed by atoms with van der Waals surface area (Å²) in [6, 6.07) is 8.31. The maximum absolute atomic E-state index is 5.73. The predicted octanol–water partition coefficient (Wildman–Crippen LogP) is 3.36. The summed E-state index contributed by atoms with van der Waals surface area (Å²) in [5.74, 6) is 0.811. The van der Waals surface area contributed by atoms with Gasteiger partial charge in [-0.15, -0.1) is 0 Å². The first-order valence-electron chi connectivity index (χ1n) is 6.37. The molecular formula is C14H20BrNO. The highest BCUT2D eigenvalue weighted by atomic mass is 79.9. The average Bonchev–Trinajstić information content (AvgIpc) is 2.36. The molecule has 1 aromatic rings. The van der Waals surface area contributed by atoms with Crippen molar-refractivity contribution in [3.05, 3.63) is 34.3 Å². The Labute approximate surface area is 112 Å². The molecule has 94 valence electrons. The lowest BCUT2D eigenvalue weighted by molar-refractivity contribution is 0.103. The van der Waals surface area contributed by atoms with Crippen LogP contribution in [0.4, 0.5) is 0 Å². The van der Waals surface area contributed by atoms with E-state index in [0.29, 0.717) is 0 Å². The molecule has 2 rings (SSSR count). The summed E-state index contributed by atoms with van der Waals surface area (Å²) < 4.78 is 6.85. The molecule has 1 aliphatic heterocycles. The summed E-state index contributed by atoms with van der Waals surface area (Å²) in [7, 11) is 0. The third-order valence-corrected chi connectivity index (χ3v) is 3.72. The zero-order chi connectivity index (χ0) is 11.9. The smallest absolute Gasteiger partial charge is 0.0717 e. The van der Waals surface area contributed by atoms with Gasteiger partial charge in [0.2, 0.25) is 0 Å². The molecule has 1 heterocycles. The maximum atomic E-state index is 5.73. The summed E-state index contributed by atoms with van der Waals surface area (Å²) >= 11 is 3.47. The van der Waals surface area contributed by atoms with Gasteiger partial charge in [0, 0.05) is 11.1 Å². The number of halogens is 1. The predicted molar refractivity (Wildman–Crippen MR) is 74.0 cm³/mol. The Kier molecular flexibility index (Phi) is 5.49. The van der Waals surface area contributed by atoms with Crippen LogP contribution in [0.15, 0.2) is 28.7 Å². The van der Waals surface area contributed by atoms with Crippen LogP contribution in [0.2, 0.25) is 0 Å². The molecule has 0 bridgehead atoms. The van der Waals surface area contributed by atoms with E-state index in [9.17, 15) is 0 Å². The molecule has 0 aromatic heterocycles. The summed E-state index contributed by atoms with van der Waals surface area (Å²) in [6.07, 6.45) is 3.85. The number of rotatable bonds is 5. The van der Waals surface area contributed by atoms with E-state index in [0.717, 1.165) is 23.6 Å². The van der Waals surface area contributed by atoms with E-state index >= 15 is 0 Å². The Hall–Kier alpha value is -0.380. The van der Waals surface area contributed by atoms with Gasteiger partial charge in [0.1, 0.15) is 0 Å². The van der Waals surface area contributed by atoms with Crippen LogP contribution in [0, 0.1) is 5.92 Å². The molecule has 1 fully saturated rings. The first kappa shape index (κ1) is 13.1. The summed E-state index contributed by atoms with van der Waals surface area (Å²) in [6.45, 7) is 3.95. The van der Waals surface area contributed by atoms with Crippen molar-refractivity contribution in [3.63, 3.8) is 0 Å². The molecule has 17 heavy (non-hydrogen) atoms. The summed E-state index contributed by atoms with van der Waals surface area (Å²) in [5.41, 5.74) is 1.24. The SMILES string of the molecule is Brc1cccc(COCC[C@@H]2CCCNC2)c1. The molecule has 2 nitrogen and oxygen atoms in total. The molecular weight excluding hydrogens is 278 g/mol. The lowest BCUT2D eigenvalue weighted by Gasteiger charge is -2.22. The van der Waals surface area contributed by atoms with Crippen LogP contribution >= 0.6 is 15.9 Å². The van der Waals surface area contributed by atoms with Crippen molar-refractivity contribution in [1.29, 1.82) is 0 Å². The quantitative estimate of drug-likeness (QED) is 0.842. The number of ether oxygens (including phenoxy) is 1. The van der Waals surface area contributed by atoms with Crippen molar-refractivity contribution in [3.8, 4) is 0 Å². The molecule has 1 aliphatic rings. The van der Waals surface area contributed by atoms with E-state index in [1.54, 1.807) is 0 Å². The van der Waals surface area contributed by atoms with Crippen molar-refractivity contribution >= 4 is 15.9 Å². The van der Waals surface area contributed by atoms with Gasteiger partial charge in [-0.25, -0.2) is 0 Å². The van der Waals surface area contributed by atoms with Gasteiger partial charge in [-0.05, 0) is 56.0 Å². The Morgan fingerprint density at radius 1 is 1.41 bits per heavy atom. The van der Waals surface area contributed by atoms with E-state index in [1.165, 1.54) is 37.9 Å². The average molecular weight is 298 g/mol. The van der Waals surface area contributed by atoms with Crippen molar-refractivity contribution in [2.24, 2.45) is 5.92 Å². The molecule has 1 N–H and O–H groups in total. The van der Waals surface area contributed by atoms with Gasteiger partial charge >= 0.3 is 0 Å². The Morgan fingerprint density at radius 3 is 3.12 bits per heavy atom. The van der Waals surface area contributed by atoms with Gasteiger partial charge in [-0.2, -0.15) is 0 Å². The molecule has 0 aliphatic carbocycles. The molecule has 0 amide bonds. The fraction of sp³-hybridized carbons (Fsp3) is 0.571. The van der Waals surface area contributed by atoms with Crippen LogP contribution < -0.4 is 5.32 Å². The zero-order valence-corrected chi connectivity index (χ0v) is 11.7. The third-order valence-electron chi connectivity index (χ3n) is 3.23. The van der Waals surface area contributed by atoms with Crippen LogP contribution in [0.3, 0.4) is 0 Å². The maximum Gasteiger partial charge on any atom is 0.0717 e. The highest BCUT2D eigenvalue weighted by Gasteiger charge is 2.12. The van der Waals surface area contributed by atoms with Gasteiger partial charge in [0.15, 0.2) is 0 Å². The zero-order valence-electron chi connectivity index (χ0n) is 10.1. The minimum absolute atomic E-state index is 0.722. The minimum Gasteiger partial charge on any atom is -0.377 e. The highest BCUT2D eigenvalue weighted by Crippen LogP contribution is 2.15. The molecule has 0 unspecified atom stereocenters. The fourth-order valence-electron chi connectivity index (χ4n) is 2.24. The van der Waals surface area contributed by atoms with E-state index in [4.69, 9.17) is 4.74 Å². The molecule has 3 heteroatoms. The molecule has 0 saturated carbocycles. The number of nitrogens with one attached hydrogen (secondary N) is 1. The molecule has 0 spiro atoms. The van der Waals surface area contributed by atoms with E-state index in [1.807, 2.05) is 12.1 Å². The summed E-state index contributed by atoms with van der Waals surface area (Å²) in [4.78, 5) is 0. The normalized spacial score (nSPS) is 20.4. The van der Waals surface area contributed by atoms with Gasteiger partial charge in [0.25, 0.3) is 0 Å². The lowest BCUT2D eigenvalue weighted by Crippen LogP contribution is -2.30. The second kappa shape index (κ2) is 7.14. The Morgan fingerprint density at radius 2 is 2.35 bits per heavy atom. The van der Waals surface area contributed by atoms with Crippen molar-refractivity contribution < 1.29 is 4.74 Å². The number of piperidine rings is 1. The van der Waals surface area contributed by atoms with Crippen LogP contribution in [-0.4, -0.2) is 19.7 Å². The third kappa shape index (κ3) is 4.78. The topological polar surface area (TPSA) is 21.3 Å². The van der Waals surface area contributed by atoms with Crippen LogP contribution in [0.5, 0.6) is 0 Å². The van der Waals surface area contributed by atoms with E-state index < -0.39 is 0 Å². The summed E-state index contributed by atoms with van der Waals surface area (Å²) in [5, 5.41) is 3.44. The molecule has 1 atom stereocenters. The van der Waals surface area contributed by atoms with Gasteiger partial charge in [0.05, 0.1) is 6.61 Å². The highest BCUT2D eigenvalue weighted by molar-refractivity contribution is 9.10. The Balaban J connectivity index is 1.62. The standard InChI is InChI=1S/C14H20BrNO/c15-14-5-1-3-13(9-14)11-17-8-6-12-4-2-7-16-10-12/h1,3,5,9,12,16H,2,4,6-8,10-11H2/t12-/m0/s1. The van der Waals surface area contributed by atoms with E-state index in [-0.39, 0.29) is 0 Å². The van der Waals surface area contributed by atoms with Crippen molar-refractivity contribution in [2.75, 3.05) is 19.7 Å². The second-order valence-electron chi connectivity index (χ2n) is 4.68. The van der Waals surface area contributed by atoms with E-state index in [2.05, 4.69) is 33.4 Å². The van der Waals surface area contributed by atoms with Gasteiger partial charge in [-0.1, -0.05) is 28.1 Å². The second-order valence-corrected chi connectivity index (χ2v) is 5.60. The van der Waals surface area contributed by atoms with Crippen molar-refractivity contribution in [1.82, 2.24) is 5.32 Å². The number of hydrogen-bond acceptors (Lipinski definition) is 2. The molecule has 0 radical (unpaired) electrons. The van der Waals surface area contributed by atoms with Gasteiger partial charge < -0.3 is 10.1 Å². The first-order chi connectivity index (χ1) is 8.34. The first-order valence-corrected chi connectivity index (χ1v) is 7.17.